The first kappa shape index (κ1) is 12.2. The van der Waals surface area contributed by atoms with Gasteiger partial charge in [-0.2, -0.15) is 0 Å². The van der Waals surface area contributed by atoms with Crippen LogP contribution < -0.4 is 5.73 Å². The van der Waals surface area contributed by atoms with Gasteiger partial charge in [-0.3, -0.25) is 0 Å². The topological polar surface area (TPSA) is 56.7 Å². The lowest BCUT2D eigenvalue weighted by Gasteiger charge is -2.01. The van der Waals surface area contributed by atoms with Crippen molar-refractivity contribution in [3.8, 4) is 0 Å². The minimum atomic E-state index is 0.651. The zero-order valence-electron chi connectivity index (χ0n) is 10.8. The highest BCUT2D eigenvalue weighted by molar-refractivity contribution is 7.13. The van der Waals surface area contributed by atoms with Gasteiger partial charge in [-0.15, -0.1) is 11.3 Å². The Kier molecular flexibility index (Phi) is 3.21. The van der Waals surface area contributed by atoms with Gasteiger partial charge in [-0.05, 0) is 25.0 Å². The van der Waals surface area contributed by atoms with Gasteiger partial charge < -0.3 is 10.3 Å². The van der Waals surface area contributed by atoms with Gasteiger partial charge in [-0.1, -0.05) is 12.1 Å². The fraction of sp³-hybridized carbons (Fsp3) is 0.286. The number of thiazole rings is 1. The fourth-order valence-electron chi connectivity index (χ4n) is 2.28. The zero-order chi connectivity index (χ0) is 13.2. The van der Waals surface area contributed by atoms with Gasteiger partial charge in [0.2, 0.25) is 0 Å². The molecular weight excluding hydrogens is 256 g/mol. The number of nitrogens with zero attached hydrogens (tertiary/aromatic N) is 3. The highest BCUT2D eigenvalue weighted by Gasteiger charge is 2.07. The highest BCUT2D eigenvalue weighted by Crippen LogP contribution is 2.17. The molecule has 3 aromatic rings. The lowest BCUT2D eigenvalue weighted by atomic mass is 10.2. The summed E-state index contributed by atoms with van der Waals surface area (Å²) in [6.45, 7) is 0. The number of para-hydroxylation sites is 2. The molecule has 0 radical (unpaired) electrons. The van der Waals surface area contributed by atoms with Crippen molar-refractivity contribution in [3.63, 3.8) is 0 Å². The summed E-state index contributed by atoms with van der Waals surface area (Å²) in [5.41, 5.74) is 8.97. The van der Waals surface area contributed by atoms with E-state index in [0.29, 0.717) is 5.13 Å². The van der Waals surface area contributed by atoms with Crippen LogP contribution in [0.25, 0.3) is 11.0 Å². The maximum atomic E-state index is 5.63. The maximum Gasteiger partial charge on any atom is 0.180 e. The highest BCUT2D eigenvalue weighted by atomic mass is 32.1. The minimum absolute atomic E-state index is 0.651. The lowest BCUT2D eigenvalue weighted by molar-refractivity contribution is 0.727. The van der Waals surface area contributed by atoms with Crippen LogP contribution in [0, 0.1) is 0 Å². The van der Waals surface area contributed by atoms with E-state index in [1.807, 2.05) is 17.5 Å². The average Bonchev–Trinajstić information content (AvgIpc) is 2.96. The number of benzene rings is 1. The third-order valence-electron chi connectivity index (χ3n) is 3.28. The number of nitrogen functional groups attached to an aromatic ring is 1. The summed E-state index contributed by atoms with van der Waals surface area (Å²) in [7, 11) is 2.07. The van der Waals surface area contributed by atoms with Gasteiger partial charge >= 0.3 is 0 Å². The molecule has 98 valence electrons. The molecule has 0 fully saturated rings. The minimum Gasteiger partial charge on any atom is -0.375 e. The fourth-order valence-corrected chi connectivity index (χ4v) is 2.88. The predicted octanol–water partition coefficient (Wildman–Crippen LogP) is 2.79. The molecule has 19 heavy (non-hydrogen) atoms. The van der Waals surface area contributed by atoms with Gasteiger partial charge in [0.15, 0.2) is 5.13 Å². The second-order valence-corrected chi connectivity index (χ2v) is 5.50. The summed E-state index contributed by atoms with van der Waals surface area (Å²) in [5, 5.41) is 2.68. The second kappa shape index (κ2) is 5.01. The molecule has 0 aliphatic carbocycles. The zero-order valence-corrected chi connectivity index (χ0v) is 11.7. The number of hydrogen-bond acceptors (Lipinski definition) is 4. The van der Waals surface area contributed by atoms with Crippen molar-refractivity contribution in [2.24, 2.45) is 7.05 Å². The molecule has 2 aromatic heterocycles. The van der Waals surface area contributed by atoms with E-state index in [4.69, 9.17) is 5.73 Å². The standard InChI is InChI=1S/C14H16N4S/c1-18-12-7-3-2-6-11(12)17-13(18)8-4-5-10-9-19-14(15)16-10/h2-3,6-7,9H,4-5,8H2,1H3,(H2,15,16). The predicted molar refractivity (Wildman–Crippen MR) is 79.3 cm³/mol. The maximum absolute atomic E-state index is 5.63. The van der Waals surface area contributed by atoms with E-state index >= 15 is 0 Å². The van der Waals surface area contributed by atoms with Crippen molar-refractivity contribution < 1.29 is 0 Å². The molecule has 0 atom stereocenters. The third kappa shape index (κ3) is 2.46. The van der Waals surface area contributed by atoms with Crippen LogP contribution in [-0.2, 0) is 19.9 Å². The number of rotatable bonds is 4. The van der Waals surface area contributed by atoms with E-state index < -0.39 is 0 Å². The summed E-state index contributed by atoms with van der Waals surface area (Å²) in [5.74, 6) is 1.13. The van der Waals surface area contributed by atoms with Crippen LogP contribution in [0.4, 0.5) is 5.13 Å². The van der Waals surface area contributed by atoms with E-state index in [0.717, 1.165) is 36.3 Å². The van der Waals surface area contributed by atoms with Gasteiger partial charge in [0.25, 0.3) is 0 Å². The summed E-state index contributed by atoms with van der Waals surface area (Å²) in [6.07, 6.45) is 2.96. The van der Waals surface area contributed by atoms with E-state index in [-0.39, 0.29) is 0 Å². The van der Waals surface area contributed by atoms with Crippen molar-refractivity contribution >= 4 is 27.5 Å². The molecule has 0 unspecified atom stereocenters. The van der Waals surface area contributed by atoms with Crippen LogP contribution in [0.15, 0.2) is 29.6 Å². The van der Waals surface area contributed by atoms with Crippen LogP contribution in [-0.4, -0.2) is 14.5 Å². The largest absolute Gasteiger partial charge is 0.375 e. The first-order valence-corrected chi connectivity index (χ1v) is 7.22. The summed E-state index contributed by atoms with van der Waals surface area (Å²) >= 11 is 1.50. The Morgan fingerprint density at radius 3 is 2.79 bits per heavy atom. The summed E-state index contributed by atoms with van der Waals surface area (Å²) < 4.78 is 2.17. The van der Waals surface area contributed by atoms with Crippen LogP contribution in [0.5, 0.6) is 0 Å². The molecule has 1 aromatic carbocycles. The molecule has 5 heteroatoms. The van der Waals surface area contributed by atoms with E-state index in [1.165, 1.54) is 16.9 Å². The normalized spacial score (nSPS) is 11.2. The Hall–Kier alpha value is -1.88. The molecule has 0 saturated heterocycles. The van der Waals surface area contributed by atoms with E-state index in [1.54, 1.807) is 0 Å². The molecule has 0 amide bonds. The van der Waals surface area contributed by atoms with Crippen molar-refractivity contribution in [1.82, 2.24) is 14.5 Å². The molecule has 2 N–H and O–H groups in total. The Labute approximate surface area is 115 Å². The molecule has 0 saturated carbocycles. The lowest BCUT2D eigenvalue weighted by Crippen LogP contribution is -1.99. The number of imidazole rings is 1. The number of nitrogens with two attached hydrogens (primary N) is 1. The number of hydrogen-bond donors (Lipinski definition) is 1. The van der Waals surface area contributed by atoms with Crippen molar-refractivity contribution in [2.45, 2.75) is 19.3 Å². The van der Waals surface area contributed by atoms with Crippen LogP contribution in [0.3, 0.4) is 0 Å². The summed E-state index contributed by atoms with van der Waals surface area (Å²) in [6, 6.07) is 8.23. The van der Waals surface area contributed by atoms with E-state index in [9.17, 15) is 0 Å². The van der Waals surface area contributed by atoms with Crippen molar-refractivity contribution in [2.75, 3.05) is 5.73 Å². The Morgan fingerprint density at radius 1 is 1.21 bits per heavy atom. The van der Waals surface area contributed by atoms with Crippen LogP contribution >= 0.6 is 11.3 Å². The number of anilines is 1. The van der Waals surface area contributed by atoms with Gasteiger partial charge in [0.05, 0.1) is 16.7 Å². The number of fused-ring (bicyclic) bond motifs is 1. The molecule has 4 nitrogen and oxygen atoms in total. The quantitative estimate of drug-likeness (QED) is 0.794. The first-order chi connectivity index (χ1) is 9.24. The Bertz CT molecular complexity index is 698. The van der Waals surface area contributed by atoms with E-state index in [2.05, 4.69) is 33.7 Å². The van der Waals surface area contributed by atoms with Crippen LogP contribution in [0.1, 0.15) is 17.9 Å². The van der Waals surface area contributed by atoms with Crippen LogP contribution in [0.2, 0.25) is 0 Å². The third-order valence-corrected chi connectivity index (χ3v) is 4.01. The van der Waals surface area contributed by atoms with Gasteiger partial charge in [0, 0.05) is 18.8 Å². The number of aryl methyl sites for hydroxylation is 3. The molecular formula is C14H16N4S. The smallest absolute Gasteiger partial charge is 0.180 e. The average molecular weight is 272 g/mol. The molecule has 0 aliphatic rings. The monoisotopic (exact) mass is 272 g/mol. The Balaban J connectivity index is 1.70. The first-order valence-electron chi connectivity index (χ1n) is 6.34. The molecule has 0 bridgehead atoms. The molecule has 0 spiro atoms. The summed E-state index contributed by atoms with van der Waals surface area (Å²) in [4.78, 5) is 8.95. The number of aromatic nitrogens is 3. The van der Waals surface area contributed by atoms with Gasteiger partial charge in [0.1, 0.15) is 5.82 Å². The molecule has 2 heterocycles. The van der Waals surface area contributed by atoms with Crippen molar-refractivity contribution in [3.05, 3.63) is 41.2 Å². The van der Waals surface area contributed by atoms with Gasteiger partial charge in [-0.25, -0.2) is 9.97 Å². The second-order valence-electron chi connectivity index (χ2n) is 4.61. The van der Waals surface area contributed by atoms with Crippen molar-refractivity contribution in [1.29, 1.82) is 0 Å². The SMILES string of the molecule is Cn1c(CCCc2csc(N)n2)nc2ccccc21. The molecule has 3 rings (SSSR count). The molecule has 0 aliphatic heterocycles. The Morgan fingerprint density at radius 2 is 2.05 bits per heavy atom.